The molecular weight excluding hydrogens is 419 g/mol. The minimum absolute atomic E-state index is 0. The monoisotopic (exact) mass is 450 g/mol. The van der Waals surface area contributed by atoms with Gasteiger partial charge in [0.1, 0.15) is 0 Å². The van der Waals surface area contributed by atoms with Gasteiger partial charge in [-0.3, -0.25) is 9.89 Å². The first-order chi connectivity index (χ1) is 10.7. The molecule has 1 fully saturated rings. The second kappa shape index (κ2) is 11.3. The Bertz CT molecular complexity index is 449. The van der Waals surface area contributed by atoms with Gasteiger partial charge in [-0.05, 0) is 44.3 Å². The molecule has 4 nitrogen and oxygen atoms in total. The third-order valence-corrected chi connectivity index (χ3v) is 5.41. The summed E-state index contributed by atoms with van der Waals surface area (Å²) in [5.41, 5.74) is 0. The van der Waals surface area contributed by atoms with Crippen LogP contribution in [0, 0.1) is 0 Å². The molecular formula is C17H31IN4S. The third-order valence-electron chi connectivity index (χ3n) is 4.31. The van der Waals surface area contributed by atoms with E-state index in [4.69, 9.17) is 4.99 Å². The Kier molecular flexibility index (Phi) is 10.1. The molecule has 0 aliphatic carbocycles. The molecule has 0 radical (unpaired) electrons. The third kappa shape index (κ3) is 6.58. The molecule has 1 aromatic rings. The molecule has 0 saturated carbocycles. The molecule has 2 unspecified atom stereocenters. The molecule has 23 heavy (non-hydrogen) atoms. The number of likely N-dealkylation sites (tertiary alicyclic amines) is 1. The number of hydrogen-bond acceptors (Lipinski definition) is 3. The molecule has 1 aromatic heterocycles. The van der Waals surface area contributed by atoms with Crippen LogP contribution in [0.15, 0.2) is 22.5 Å². The van der Waals surface area contributed by atoms with Crippen LogP contribution in [0.3, 0.4) is 0 Å². The molecule has 2 heterocycles. The van der Waals surface area contributed by atoms with Crippen LogP contribution in [0.2, 0.25) is 0 Å². The lowest BCUT2D eigenvalue weighted by atomic mass is 10.1. The van der Waals surface area contributed by atoms with E-state index in [9.17, 15) is 0 Å². The quantitative estimate of drug-likeness (QED) is 0.380. The molecule has 1 aliphatic heterocycles. The van der Waals surface area contributed by atoms with Gasteiger partial charge in [-0.1, -0.05) is 19.9 Å². The summed E-state index contributed by atoms with van der Waals surface area (Å²) in [6.45, 7) is 11.7. The molecule has 1 aliphatic rings. The zero-order chi connectivity index (χ0) is 15.8. The van der Waals surface area contributed by atoms with Crippen molar-refractivity contribution in [1.82, 2.24) is 15.5 Å². The molecule has 0 spiro atoms. The average molecular weight is 450 g/mol. The van der Waals surface area contributed by atoms with E-state index in [0.29, 0.717) is 12.0 Å². The lowest BCUT2D eigenvalue weighted by molar-refractivity contribution is 0.267. The average Bonchev–Trinajstić information content (AvgIpc) is 3.20. The number of aliphatic imine (C=N–C) groups is 1. The van der Waals surface area contributed by atoms with E-state index >= 15 is 0 Å². The summed E-state index contributed by atoms with van der Waals surface area (Å²) in [5.74, 6) is 1.43. The topological polar surface area (TPSA) is 39.7 Å². The molecule has 2 rings (SSSR count). The Morgan fingerprint density at radius 3 is 2.91 bits per heavy atom. The normalized spacial score (nSPS) is 20.1. The number of nitrogens with one attached hydrogen (secondary N) is 2. The lowest BCUT2D eigenvalue weighted by Crippen LogP contribution is -2.45. The van der Waals surface area contributed by atoms with Crippen LogP contribution < -0.4 is 10.6 Å². The van der Waals surface area contributed by atoms with Gasteiger partial charge in [0, 0.05) is 29.9 Å². The standard InChI is InChI=1S/C17H30N4S.HI/c1-4-18-17(19-12-14(3)16-9-7-11-22-16)20-13-15-8-6-10-21(15)5-2;/h7,9,11,14-15H,4-6,8,10,12-13H2,1-3H3,(H2,18,19,20);1H. The van der Waals surface area contributed by atoms with E-state index in [2.05, 4.69) is 53.8 Å². The van der Waals surface area contributed by atoms with Crippen molar-refractivity contribution >= 4 is 41.3 Å². The SMILES string of the molecule is CCNC(=NCC(C)c1cccs1)NCC1CCCN1CC.I. The number of hydrogen-bond donors (Lipinski definition) is 2. The number of nitrogens with zero attached hydrogens (tertiary/aromatic N) is 2. The van der Waals surface area contributed by atoms with Crippen LogP contribution in [0.4, 0.5) is 0 Å². The second-order valence-corrected chi connectivity index (χ2v) is 6.92. The predicted molar refractivity (Wildman–Crippen MR) is 112 cm³/mol. The van der Waals surface area contributed by atoms with Crippen molar-refractivity contribution in [3.63, 3.8) is 0 Å². The molecule has 6 heteroatoms. The van der Waals surface area contributed by atoms with Crippen molar-refractivity contribution in [2.24, 2.45) is 4.99 Å². The lowest BCUT2D eigenvalue weighted by Gasteiger charge is -2.24. The van der Waals surface area contributed by atoms with Gasteiger partial charge in [-0.15, -0.1) is 35.3 Å². The molecule has 0 bridgehead atoms. The summed E-state index contributed by atoms with van der Waals surface area (Å²) in [6, 6.07) is 4.97. The van der Waals surface area contributed by atoms with E-state index in [-0.39, 0.29) is 24.0 Å². The molecule has 0 aromatic carbocycles. The highest BCUT2D eigenvalue weighted by molar-refractivity contribution is 14.0. The summed E-state index contributed by atoms with van der Waals surface area (Å²) in [4.78, 5) is 8.73. The highest BCUT2D eigenvalue weighted by Gasteiger charge is 2.22. The van der Waals surface area contributed by atoms with Crippen LogP contribution >= 0.6 is 35.3 Å². The van der Waals surface area contributed by atoms with Gasteiger partial charge in [-0.25, -0.2) is 0 Å². The van der Waals surface area contributed by atoms with Crippen molar-refractivity contribution in [3.8, 4) is 0 Å². The van der Waals surface area contributed by atoms with Crippen molar-refractivity contribution in [1.29, 1.82) is 0 Å². The van der Waals surface area contributed by atoms with Crippen LogP contribution in [0.1, 0.15) is 44.4 Å². The first-order valence-electron chi connectivity index (χ1n) is 8.54. The van der Waals surface area contributed by atoms with Crippen LogP contribution in [-0.2, 0) is 0 Å². The Hall–Kier alpha value is -0.340. The summed E-state index contributed by atoms with van der Waals surface area (Å²) >= 11 is 1.82. The second-order valence-electron chi connectivity index (χ2n) is 5.94. The molecule has 0 amide bonds. The molecule has 2 atom stereocenters. The molecule has 1 saturated heterocycles. The fraction of sp³-hybridized carbons (Fsp3) is 0.706. The van der Waals surface area contributed by atoms with Crippen molar-refractivity contribution in [2.75, 3.05) is 32.7 Å². The van der Waals surface area contributed by atoms with Crippen molar-refractivity contribution in [2.45, 2.75) is 45.6 Å². The smallest absolute Gasteiger partial charge is 0.191 e. The van der Waals surface area contributed by atoms with E-state index in [1.807, 2.05) is 11.3 Å². The van der Waals surface area contributed by atoms with Gasteiger partial charge in [0.25, 0.3) is 0 Å². The minimum Gasteiger partial charge on any atom is -0.357 e. The van der Waals surface area contributed by atoms with Gasteiger partial charge in [0.15, 0.2) is 5.96 Å². The minimum atomic E-state index is 0. The van der Waals surface area contributed by atoms with E-state index < -0.39 is 0 Å². The summed E-state index contributed by atoms with van der Waals surface area (Å²) in [5, 5.41) is 9.03. The maximum Gasteiger partial charge on any atom is 0.191 e. The first kappa shape index (κ1) is 20.7. The zero-order valence-electron chi connectivity index (χ0n) is 14.5. The van der Waals surface area contributed by atoms with E-state index in [0.717, 1.165) is 32.1 Å². The van der Waals surface area contributed by atoms with E-state index in [1.54, 1.807) is 0 Å². The summed E-state index contributed by atoms with van der Waals surface area (Å²) < 4.78 is 0. The fourth-order valence-electron chi connectivity index (χ4n) is 2.99. The van der Waals surface area contributed by atoms with Crippen molar-refractivity contribution < 1.29 is 0 Å². The Morgan fingerprint density at radius 2 is 2.26 bits per heavy atom. The van der Waals surface area contributed by atoms with Gasteiger partial charge in [-0.2, -0.15) is 0 Å². The highest BCUT2D eigenvalue weighted by atomic mass is 127. The van der Waals surface area contributed by atoms with E-state index in [1.165, 1.54) is 24.3 Å². The number of rotatable bonds is 7. The number of guanidine groups is 1. The number of likely N-dealkylation sites (N-methyl/N-ethyl adjacent to an activating group) is 1. The molecule has 132 valence electrons. The predicted octanol–water partition coefficient (Wildman–Crippen LogP) is 3.51. The number of thiophene rings is 1. The maximum absolute atomic E-state index is 4.76. The van der Waals surface area contributed by atoms with Gasteiger partial charge in [0.05, 0.1) is 6.54 Å². The summed E-state index contributed by atoms with van der Waals surface area (Å²) in [6.07, 6.45) is 2.62. The van der Waals surface area contributed by atoms with Crippen LogP contribution in [-0.4, -0.2) is 49.6 Å². The largest absolute Gasteiger partial charge is 0.357 e. The highest BCUT2D eigenvalue weighted by Crippen LogP contribution is 2.20. The number of halogens is 1. The van der Waals surface area contributed by atoms with Gasteiger partial charge >= 0.3 is 0 Å². The van der Waals surface area contributed by atoms with Gasteiger partial charge in [0.2, 0.25) is 0 Å². The van der Waals surface area contributed by atoms with Gasteiger partial charge < -0.3 is 10.6 Å². The fourth-order valence-corrected chi connectivity index (χ4v) is 3.77. The Morgan fingerprint density at radius 1 is 1.43 bits per heavy atom. The van der Waals surface area contributed by atoms with Crippen LogP contribution in [0.5, 0.6) is 0 Å². The summed E-state index contributed by atoms with van der Waals surface area (Å²) in [7, 11) is 0. The molecule has 2 N–H and O–H groups in total. The zero-order valence-corrected chi connectivity index (χ0v) is 17.7. The maximum atomic E-state index is 4.76. The first-order valence-corrected chi connectivity index (χ1v) is 9.42. The Balaban J connectivity index is 0.00000264. The Labute approximate surface area is 162 Å². The van der Waals surface area contributed by atoms with Crippen LogP contribution in [0.25, 0.3) is 0 Å². The van der Waals surface area contributed by atoms with Crippen molar-refractivity contribution in [3.05, 3.63) is 22.4 Å².